The molecule has 0 saturated carbocycles. The van der Waals surface area contributed by atoms with E-state index in [4.69, 9.17) is 11.0 Å². The number of aromatic nitrogens is 1. The topological polar surface area (TPSA) is 91.8 Å². The summed E-state index contributed by atoms with van der Waals surface area (Å²) in [7, 11) is 0. The second kappa shape index (κ2) is 7.11. The van der Waals surface area contributed by atoms with E-state index in [1.54, 1.807) is 36.0 Å². The third-order valence-electron chi connectivity index (χ3n) is 2.63. The van der Waals surface area contributed by atoms with Crippen LogP contribution in [0.5, 0.6) is 0 Å². The van der Waals surface area contributed by atoms with Gasteiger partial charge in [-0.15, -0.1) is 11.8 Å². The van der Waals surface area contributed by atoms with Gasteiger partial charge in [-0.25, -0.2) is 4.98 Å². The van der Waals surface area contributed by atoms with Gasteiger partial charge in [0.1, 0.15) is 0 Å². The highest BCUT2D eigenvalue weighted by atomic mass is 32.2. The lowest BCUT2D eigenvalue weighted by atomic mass is 10.2. The Bertz CT molecular complexity index is 673. The molecule has 5 nitrogen and oxygen atoms in total. The van der Waals surface area contributed by atoms with Gasteiger partial charge in [0.15, 0.2) is 5.13 Å². The van der Waals surface area contributed by atoms with Gasteiger partial charge in [-0.05, 0) is 31.2 Å². The van der Waals surface area contributed by atoms with Crippen LogP contribution in [0.3, 0.4) is 0 Å². The third kappa shape index (κ3) is 4.48. The zero-order valence-electron chi connectivity index (χ0n) is 11.4. The summed E-state index contributed by atoms with van der Waals surface area (Å²) in [4.78, 5) is 16.0. The van der Waals surface area contributed by atoms with Crippen LogP contribution in [0.2, 0.25) is 0 Å². The van der Waals surface area contributed by atoms with Gasteiger partial charge >= 0.3 is 0 Å². The molecule has 0 aliphatic rings. The maximum absolute atomic E-state index is 11.8. The van der Waals surface area contributed by atoms with E-state index in [2.05, 4.69) is 10.3 Å². The standard InChI is InChI=1S/C14H14N4OS2/c1-9-13(21-14(16)17-9)20-7-6-12(19)18-11-4-2-10(8-15)3-5-11/h2-5H,6-7H2,1H3,(H2,16,17)(H,18,19). The highest BCUT2D eigenvalue weighted by Gasteiger charge is 2.08. The van der Waals surface area contributed by atoms with Crippen LogP contribution in [0, 0.1) is 18.3 Å². The first-order chi connectivity index (χ1) is 10.1. The van der Waals surface area contributed by atoms with Crippen molar-refractivity contribution in [2.45, 2.75) is 17.6 Å². The number of carbonyl (C=O) groups is 1. The number of aryl methyl sites for hydroxylation is 1. The molecule has 7 heteroatoms. The Morgan fingerprint density at radius 3 is 2.76 bits per heavy atom. The molecule has 0 unspecified atom stereocenters. The van der Waals surface area contributed by atoms with E-state index in [0.29, 0.717) is 28.6 Å². The molecule has 2 rings (SSSR count). The Hall–Kier alpha value is -2.04. The van der Waals surface area contributed by atoms with Crippen molar-refractivity contribution in [2.24, 2.45) is 0 Å². The van der Waals surface area contributed by atoms with E-state index in [-0.39, 0.29) is 5.91 Å². The van der Waals surface area contributed by atoms with Crippen LogP contribution in [0.15, 0.2) is 28.5 Å². The van der Waals surface area contributed by atoms with E-state index >= 15 is 0 Å². The Kier molecular flexibility index (Phi) is 5.20. The fourth-order valence-corrected chi connectivity index (χ4v) is 3.66. The summed E-state index contributed by atoms with van der Waals surface area (Å²) in [5.74, 6) is 0.618. The van der Waals surface area contributed by atoms with Gasteiger partial charge in [-0.3, -0.25) is 4.79 Å². The second-order valence-corrected chi connectivity index (χ2v) is 6.66. The molecule has 1 amide bonds. The fourth-order valence-electron chi connectivity index (χ4n) is 1.62. The van der Waals surface area contributed by atoms with E-state index in [1.807, 2.05) is 13.0 Å². The molecule has 0 atom stereocenters. The van der Waals surface area contributed by atoms with Crippen LogP contribution in [-0.2, 0) is 4.79 Å². The Balaban J connectivity index is 1.79. The Morgan fingerprint density at radius 2 is 2.19 bits per heavy atom. The smallest absolute Gasteiger partial charge is 0.225 e. The number of nitrogen functional groups attached to an aromatic ring is 1. The summed E-state index contributed by atoms with van der Waals surface area (Å²) in [6.45, 7) is 1.91. The van der Waals surface area contributed by atoms with Crippen molar-refractivity contribution in [3.63, 3.8) is 0 Å². The zero-order valence-corrected chi connectivity index (χ0v) is 13.1. The SMILES string of the molecule is Cc1nc(N)sc1SCCC(=O)Nc1ccc(C#N)cc1. The van der Waals surface area contributed by atoms with Crippen molar-refractivity contribution >= 4 is 39.8 Å². The minimum Gasteiger partial charge on any atom is -0.375 e. The number of nitrogens with zero attached hydrogens (tertiary/aromatic N) is 2. The van der Waals surface area contributed by atoms with Gasteiger partial charge in [0.25, 0.3) is 0 Å². The summed E-state index contributed by atoms with van der Waals surface area (Å²) >= 11 is 3.03. The molecule has 0 spiro atoms. The summed E-state index contributed by atoms with van der Waals surface area (Å²) in [6.07, 6.45) is 0.405. The minimum atomic E-state index is -0.0534. The number of nitriles is 1. The largest absolute Gasteiger partial charge is 0.375 e. The molecule has 2 aromatic rings. The van der Waals surface area contributed by atoms with Gasteiger partial charge in [-0.1, -0.05) is 11.3 Å². The molecule has 3 N–H and O–H groups in total. The molecule has 0 aliphatic carbocycles. The third-order valence-corrected chi connectivity index (χ3v) is 4.98. The normalized spacial score (nSPS) is 10.1. The zero-order chi connectivity index (χ0) is 15.2. The number of rotatable bonds is 5. The summed E-state index contributed by atoms with van der Waals surface area (Å²) in [5.41, 5.74) is 7.81. The number of thiazole rings is 1. The lowest BCUT2D eigenvalue weighted by Crippen LogP contribution is -2.12. The highest BCUT2D eigenvalue weighted by molar-refractivity contribution is 8.01. The van der Waals surface area contributed by atoms with Gasteiger partial charge in [0.05, 0.1) is 21.5 Å². The van der Waals surface area contributed by atoms with Crippen LogP contribution in [0.1, 0.15) is 17.7 Å². The Labute approximate surface area is 131 Å². The second-order valence-electron chi connectivity index (χ2n) is 4.26. The van der Waals surface area contributed by atoms with E-state index < -0.39 is 0 Å². The van der Waals surface area contributed by atoms with Crippen molar-refractivity contribution in [2.75, 3.05) is 16.8 Å². The van der Waals surface area contributed by atoms with Gasteiger partial charge < -0.3 is 11.1 Å². The van der Waals surface area contributed by atoms with Crippen LogP contribution in [0.25, 0.3) is 0 Å². The molecular formula is C14H14N4OS2. The van der Waals surface area contributed by atoms with Crippen molar-refractivity contribution in [1.29, 1.82) is 5.26 Å². The average Bonchev–Trinajstić information content (AvgIpc) is 2.78. The van der Waals surface area contributed by atoms with E-state index in [9.17, 15) is 4.79 Å². The highest BCUT2D eigenvalue weighted by Crippen LogP contribution is 2.30. The summed E-state index contributed by atoms with van der Waals surface area (Å²) in [5, 5.41) is 12.1. The summed E-state index contributed by atoms with van der Waals surface area (Å²) in [6, 6.07) is 8.82. The maximum atomic E-state index is 11.8. The number of amides is 1. The van der Waals surface area contributed by atoms with Crippen molar-refractivity contribution in [3.8, 4) is 6.07 Å². The lowest BCUT2D eigenvalue weighted by Gasteiger charge is -2.04. The van der Waals surface area contributed by atoms with Crippen LogP contribution in [0.4, 0.5) is 10.8 Å². The number of nitrogens with one attached hydrogen (secondary N) is 1. The maximum Gasteiger partial charge on any atom is 0.225 e. The van der Waals surface area contributed by atoms with E-state index in [1.165, 1.54) is 11.3 Å². The molecule has 1 aromatic carbocycles. The van der Waals surface area contributed by atoms with Crippen molar-refractivity contribution in [1.82, 2.24) is 4.98 Å². The number of benzene rings is 1. The molecule has 1 heterocycles. The number of carbonyl (C=O) groups excluding carboxylic acids is 1. The number of hydrogen-bond acceptors (Lipinski definition) is 6. The fraction of sp³-hybridized carbons (Fsp3) is 0.214. The predicted molar refractivity (Wildman–Crippen MR) is 86.4 cm³/mol. The molecule has 0 aliphatic heterocycles. The summed E-state index contributed by atoms with van der Waals surface area (Å²) < 4.78 is 1.05. The number of thioether (sulfide) groups is 1. The molecule has 1 aromatic heterocycles. The molecular weight excluding hydrogens is 304 g/mol. The van der Waals surface area contributed by atoms with Gasteiger partial charge in [-0.2, -0.15) is 5.26 Å². The Morgan fingerprint density at radius 1 is 1.48 bits per heavy atom. The molecule has 0 bridgehead atoms. The van der Waals surface area contributed by atoms with Crippen LogP contribution < -0.4 is 11.1 Å². The first kappa shape index (κ1) is 15.4. The first-order valence-electron chi connectivity index (χ1n) is 6.24. The van der Waals surface area contributed by atoms with Crippen LogP contribution in [-0.4, -0.2) is 16.6 Å². The van der Waals surface area contributed by atoms with E-state index in [0.717, 1.165) is 9.90 Å². The molecule has 0 radical (unpaired) electrons. The predicted octanol–water partition coefficient (Wildman–Crippen LogP) is 3.03. The van der Waals surface area contributed by atoms with Gasteiger partial charge in [0, 0.05) is 17.9 Å². The number of nitrogens with two attached hydrogens (primary N) is 1. The lowest BCUT2D eigenvalue weighted by molar-refractivity contribution is -0.115. The van der Waals surface area contributed by atoms with Gasteiger partial charge in [0.2, 0.25) is 5.91 Å². The number of anilines is 2. The molecule has 0 saturated heterocycles. The minimum absolute atomic E-state index is 0.0534. The molecule has 108 valence electrons. The quantitative estimate of drug-likeness (QED) is 0.827. The average molecular weight is 318 g/mol. The van der Waals surface area contributed by atoms with Crippen LogP contribution >= 0.6 is 23.1 Å². The monoisotopic (exact) mass is 318 g/mol. The molecule has 21 heavy (non-hydrogen) atoms. The van der Waals surface area contributed by atoms with Crippen molar-refractivity contribution in [3.05, 3.63) is 35.5 Å². The first-order valence-corrected chi connectivity index (χ1v) is 8.04. The molecule has 0 fully saturated rings. The number of hydrogen-bond donors (Lipinski definition) is 2. The van der Waals surface area contributed by atoms with Crippen molar-refractivity contribution < 1.29 is 4.79 Å².